The van der Waals surface area contributed by atoms with Gasteiger partial charge in [0.25, 0.3) is 0 Å². The van der Waals surface area contributed by atoms with E-state index in [-0.39, 0.29) is 5.54 Å². The van der Waals surface area contributed by atoms with Crippen LogP contribution in [0.15, 0.2) is 0 Å². The second-order valence-electron chi connectivity index (χ2n) is 5.40. The molecule has 0 radical (unpaired) electrons. The maximum atomic E-state index is 9.45. The van der Waals surface area contributed by atoms with Crippen molar-refractivity contribution in [1.29, 1.82) is 5.26 Å². The van der Waals surface area contributed by atoms with Gasteiger partial charge in [-0.2, -0.15) is 5.26 Å². The molecule has 3 nitrogen and oxygen atoms in total. The molecule has 0 saturated heterocycles. The number of nitriles is 1. The maximum Gasteiger partial charge on any atom is 0.108 e. The summed E-state index contributed by atoms with van der Waals surface area (Å²) in [6, 6.07) is 3.66. The van der Waals surface area contributed by atoms with E-state index in [0.717, 1.165) is 32.4 Å². The van der Waals surface area contributed by atoms with Gasteiger partial charge in [0.05, 0.1) is 6.07 Å². The van der Waals surface area contributed by atoms with Crippen molar-refractivity contribution >= 4 is 0 Å². The van der Waals surface area contributed by atoms with Gasteiger partial charge in [-0.15, -0.1) is 0 Å². The van der Waals surface area contributed by atoms with Gasteiger partial charge in [-0.25, -0.2) is 0 Å². The monoisotopic (exact) mass is 237 g/mol. The molecule has 98 valence electrons. The fraction of sp³-hybridized carbons (Fsp3) is 0.929. The predicted molar refractivity (Wildman–Crippen MR) is 71.8 cm³/mol. The van der Waals surface area contributed by atoms with E-state index >= 15 is 0 Å². The first-order chi connectivity index (χ1) is 8.08. The van der Waals surface area contributed by atoms with Gasteiger partial charge in [0, 0.05) is 12.1 Å². The zero-order valence-electron chi connectivity index (χ0n) is 11.8. The molecule has 0 heterocycles. The number of hydrogen-bond donors (Lipinski definition) is 1. The minimum atomic E-state index is -0.278. The van der Waals surface area contributed by atoms with Crippen molar-refractivity contribution in [2.24, 2.45) is 0 Å². The van der Waals surface area contributed by atoms with Crippen LogP contribution in [0.5, 0.6) is 0 Å². The SMILES string of the molecule is CCNC1(C#N)CCCC(N(CC)C(C)C)C1. The normalized spacial score (nSPS) is 29.6. The van der Waals surface area contributed by atoms with Crippen LogP contribution >= 0.6 is 0 Å². The van der Waals surface area contributed by atoms with Gasteiger partial charge in [0.15, 0.2) is 0 Å². The van der Waals surface area contributed by atoms with Gasteiger partial charge in [0.2, 0.25) is 0 Å². The maximum absolute atomic E-state index is 9.45. The van der Waals surface area contributed by atoms with Gasteiger partial charge in [-0.3, -0.25) is 10.2 Å². The molecule has 1 rings (SSSR count). The highest BCUT2D eigenvalue weighted by Gasteiger charge is 2.38. The third kappa shape index (κ3) is 3.43. The highest BCUT2D eigenvalue weighted by Crippen LogP contribution is 2.31. The quantitative estimate of drug-likeness (QED) is 0.798. The first kappa shape index (κ1) is 14.5. The third-order valence-corrected chi connectivity index (χ3v) is 3.95. The Hall–Kier alpha value is -0.590. The van der Waals surface area contributed by atoms with Crippen molar-refractivity contribution in [2.75, 3.05) is 13.1 Å². The van der Waals surface area contributed by atoms with E-state index in [1.165, 1.54) is 6.42 Å². The number of nitrogens with zero attached hydrogens (tertiary/aromatic N) is 2. The molecule has 1 saturated carbocycles. The fourth-order valence-corrected chi connectivity index (χ4v) is 3.21. The molecule has 1 aliphatic rings. The first-order valence-corrected chi connectivity index (χ1v) is 7.00. The van der Waals surface area contributed by atoms with Gasteiger partial charge in [0.1, 0.15) is 5.54 Å². The highest BCUT2D eigenvalue weighted by atomic mass is 15.2. The van der Waals surface area contributed by atoms with Crippen LogP contribution < -0.4 is 5.32 Å². The lowest BCUT2D eigenvalue weighted by Crippen LogP contribution is -2.54. The molecular weight excluding hydrogens is 210 g/mol. The van der Waals surface area contributed by atoms with Crippen LogP contribution in [0.3, 0.4) is 0 Å². The average molecular weight is 237 g/mol. The lowest BCUT2D eigenvalue weighted by atomic mass is 9.79. The summed E-state index contributed by atoms with van der Waals surface area (Å²) < 4.78 is 0. The van der Waals surface area contributed by atoms with Crippen LogP contribution in [0.1, 0.15) is 53.4 Å². The summed E-state index contributed by atoms with van der Waals surface area (Å²) in [5, 5.41) is 12.9. The molecule has 3 heteroatoms. The molecule has 0 aliphatic heterocycles. The van der Waals surface area contributed by atoms with Crippen LogP contribution in [0.25, 0.3) is 0 Å². The summed E-state index contributed by atoms with van der Waals surface area (Å²) in [7, 11) is 0. The van der Waals surface area contributed by atoms with E-state index in [0.29, 0.717) is 12.1 Å². The molecule has 0 aromatic carbocycles. The summed E-state index contributed by atoms with van der Waals surface area (Å²) >= 11 is 0. The summed E-state index contributed by atoms with van der Waals surface area (Å²) in [6.07, 6.45) is 4.38. The molecule has 17 heavy (non-hydrogen) atoms. The minimum Gasteiger partial charge on any atom is -0.300 e. The van der Waals surface area contributed by atoms with Crippen molar-refractivity contribution in [3.05, 3.63) is 0 Å². The van der Waals surface area contributed by atoms with E-state index in [4.69, 9.17) is 0 Å². The van der Waals surface area contributed by atoms with Gasteiger partial charge in [-0.05, 0) is 52.6 Å². The van der Waals surface area contributed by atoms with Crippen LogP contribution in [0, 0.1) is 11.3 Å². The van der Waals surface area contributed by atoms with Gasteiger partial charge >= 0.3 is 0 Å². The fourth-order valence-electron chi connectivity index (χ4n) is 3.21. The Labute approximate surface area is 106 Å². The zero-order valence-corrected chi connectivity index (χ0v) is 11.8. The molecule has 2 unspecified atom stereocenters. The van der Waals surface area contributed by atoms with Crippen molar-refractivity contribution < 1.29 is 0 Å². The highest BCUT2D eigenvalue weighted by molar-refractivity contribution is 5.11. The second-order valence-corrected chi connectivity index (χ2v) is 5.40. The summed E-state index contributed by atoms with van der Waals surface area (Å²) in [6.45, 7) is 10.8. The minimum absolute atomic E-state index is 0.278. The van der Waals surface area contributed by atoms with E-state index < -0.39 is 0 Å². The Morgan fingerprint density at radius 1 is 1.47 bits per heavy atom. The molecule has 0 aromatic rings. The topological polar surface area (TPSA) is 39.1 Å². The van der Waals surface area contributed by atoms with Crippen molar-refractivity contribution in [3.8, 4) is 6.07 Å². The van der Waals surface area contributed by atoms with Crippen molar-refractivity contribution in [1.82, 2.24) is 10.2 Å². The van der Waals surface area contributed by atoms with E-state index in [1.54, 1.807) is 0 Å². The largest absolute Gasteiger partial charge is 0.300 e. The number of nitrogens with one attached hydrogen (secondary N) is 1. The van der Waals surface area contributed by atoms with Crippen LogP contribution in [-0.2, 0) is 0 Å². The van der Waals surface area contributed by atoms with Crippen molar-refractivity contribution in [3.63, 3.8) is 0 Å². The van der Waals surface area contributed by atoms with E-state index in [9.17, 15) is 5.26 Å². The summed E-state index contributed by atoms with van der Waals surface area (Å²) in [4.78, 5) is 2.53. The lowest BCUT2D eigenvalue weighted by molar-refractivity contribution is 0.0982. The Balaban J connectivity index is 2.74. The molecule has 0 spiro atoms. The van der Waals surface area contributed by atoms with E-state index in [2.05, 4.69) is 44.0 Å². The summed E-state index contributed by atoms with van der Waals surface area (Å²) in [5.74, 6) is 0. The van der Waals surface area contributed by atoms with E-state index in [1.807, 2.05) is 0 Å². The Morgan fingerprint density at radius 3 is 2.65 bits per heavy atom. The van der Waals surface area contributed by atoms with Crippen LogP contribution in [0.4, 0.5) is 0 Å². The third-order valence-electron chi connectivity index (χ3n) is 3.95. The van der Waals surface area contributed by atoms with Crippen LogP contribution in [0.2, 0.25) is 0 Å². The second kappa shape index (κ2) is 6.37. The molecular formula is C14H27N3. The zero-order chi connectivity index (χ0) is 12.9. The Morgan fingerprint density at radius 2 is 2.18 bits per heavy atom. The smallest absolute Gasteiger partial charge is 0.108 e. The summed E-state index contributed by atoms with van der Waals surface area (Å²) in [5.41, 5.74) is -0.278. The molecule has 2 atom stereocenters. The first-order valence-electron chi connectivity index (χ1n) is 7.00. The number of hydrogen-bond acceptors (Lipinski definition) is 3. The standard InChI is InChI=1S/C14H27N3/c1-5-16-14(11-15)9-7-8-13(10-14)17(6-2)12(3)4/h12-13,16H,5-10H2,1-4H3. The Bertz CT molecular complexity index is 265. The Kier molecular flexibility index (Phi) is 5.42. The predicted octanol–water partition coefficient (Wildman–Crippen LogP) is 2.53. The van der Waals surface area contributed by atoms with Gasteiger partial charge in [-0.1, -0.05) is 13.8 Å². The molecule has 1 aliphatic carbocycles. The lowest BCUT2D eigenvalue weighted by Gasteiger charge is -2.43. The molecule has 1 N–H and O–H groups in total. The average Bonchev–Trinajstić information content (AvgIpc) is 2.30. The molecule has 0 amide bonds. The molecule has 0 aromatic heterocycles. The number of rotatable bonds is 5. The van der Waals surface area contributed by atoms with Gasteiger partial charge < -0.3 is 0 Å². The molecule has 0 bridgehead atoms. The molecule has 1 fully saturated rings. The van der Waals surface area contributed by atoms with Crippen molar-refractivity contribution in [2.45, 2.75) is 71.0 Å². The van der Waals surface area contributed by atoms with Crippen LogP contribution in [-0.4, -0.2) is 35.6 Å².